The van der Waals surface area contributed by atoms with Crippen LogP contribution in [0.15, 0.2) is 12.5 Å². The summed E-state index contributed by atoms with van der Waals surface area (Å²) in [4.78, 5) is 82.8. The van der Waals surface area contributed by atoms with Crippen LogP contribution in [-0.2, 0) is 35.2 Å². The van der Waals surface area contributed by atoms with E-state index < -0.39 is 53.7 Å². The largest absolute Gasteiger partial charge is 0.368 e. The van der Waals surface area contributed by atoms with Crippen molar-refractivity contribution in [1.82, 2.24) is 36.1 Å². The van der Waals surface area contributed by atoms with Crippen molar-refractivity contribution in [2.75, 3.05) is 13.1 Å². The molecule has 0 unspecified atom stereocenters. The first-order valence-corrected chi connectivity index (χ1v) is 13.2. The van der Waals surface area contributed by atoms with Gasteiger partial charge in [0.1, 0.15) is 24.2 Å². The topological polar surface area (TPSA) is 208 Å². The molecule has 0 spiro atoms. The lowest BCUT2D eigenvalue weighted by Gasteiger charge is -2.29. The van der Waals surface area contributed by atoms with Crippen molar-refractivity contribution in [3.05, 3.63) is 18.2 Å². The number of aromatic nitrogens is 2. The van der Waals surface area contributed by atoms with E-state index in [0.29, 0.717) is 32.2 Å². The molecule has 1 saturated heterocycles. The Bertz CT molecular complexity index is 1030. The maximum atomic E-state index is 13.1. The number of imidazole rings is 1. The van der Waals surface area contributed by atoms with E-state index in [1.54, 1.807) is 13.1 Å². The van der Waals surface area contributed by atoms with E-state index in [9.17, 15) is 28.8 Å². The van der Waals surface area contributed by atoms with Crippen LogP contribution in [-0.4, -0.2) is 87.6 Å². The third kappa shape index (κ3) is 9.37. The molecule has 6 amide bonds. The van der Waals surface area contributed by atoms with Crippen LogP contribution in [0.1, 0.15) is 59.1 Å². The predicted molar refractivity (Wildman–Crippen MR) is 140 cm³/mol. The van der Waals surface area contributed by atoms with Gasteiger partial charge in [0.15, 0.2) is 0 Å². The second-order valence-corrected chi connectivity index (χ2v) is 9.83. The second-order valence-electron chi connectivity index (χ2n) is 9.83. The van der Waals surface area contributed by atoms with Gasteiger partial charge in [-0.05, 0) is 39.0 Å². The number of carbonyl (C=O) groups is 6. The number of aromatic amines is 1. The Morgan fingerprint density at radius 1 is 1.08 bits per heavy atom. The van der Waals surface area contributed by atoms with Crippen LogP contribution in [0.3, 0.4) is 0 Å². The first-order valence-electron chi connectivity index (χ1n) is 13.2. The van der Waals surface area contributed by atoms with Gasteiger partial charge in [0, 0.05) is 24.9 Å². The lowest BCUT2D eigenvalue weighted by Crippen LogP contribution is -2.58. The third-order valence-corrected chi connectivity index (χ3v) is 6.82. The molecular formula is C25H40N8O6. The lowest BCUT2D eigenvalue weighted by molar-refractivity contribution is -0.140. The van der Waals surface area contributed by atoms with Gasteiger partial charge in [-0.25, -0.2) is 4.98 Å². The molecule has 0 aromatic carbocycles. The number of rotatable bonds is 14. The Kier molecular flexibility index (Phi) is 11.9. The normalized spacial score (nSPS) is 17.8. The second kappa shape index (κ2) is 14.8. The van der Waals surface area contributed by atoms with E-state index in [2.05, 4.69) is 31.2 Å². The molecule has 14 heteroatoms. The number of hydrogen-bond acceptors (Lipinski definition) is 7. The smallest absolute Gasteiger partial charge is 0.243 e. The summed E-state index contributed by atoms with van der Waals surface area (Å²) >= 11 is 0. The van der Waals surface area contributed by atoms with Gasteiger partial charge >= 0.3 is 0 Å². The maximum Gasteiger partial charge on any atom is 0.243 e. The van der Waals surface area contributed by atoms with Crippen molar-refractivity contribution in [3.8, 4) is 0 Å². The number of carbonyl (C=O) groups excluding carboxylic acids is 6. The molecule has 2 heterocycles. The highest BCUT2D eigenvalue weighted by molar-refractivity contribution is 5.95. The van der Waals surface area contributed by atoms with Gasteiger partial charge < -0.3 is 36.9 Å². The third-order valence-electron chi connectivity index (χ3n) is 6.82. The summed E-state index contributed by atoms with van der Waals surface area (Å²) in [5.41, 5.74) is 6.03. The van der Waals surface area contributed by atoms with Crippen LogP contribution >= 0.6 is 0 Å². The molecular weight excluding hydrogens is 508 g/mol. The number of amides is 6. The number of likely N-dealkylation sites (tertiary alicyclic amines) is 1. The monoisotopic (exact) mass is 548 g/mol. The van der Waals surface area contributed by atoms with Gasteiger partial charge in [-0.1, -0.05) is 20.3 Å². The van der Waals surface area contributed by atoms with Gasteiger partial charge in [0.2, 0.25) is 35.4 Å². The summed E-state index contributed by atoms with van der Waals surface area (Å²) in [6.07, 6.45) is 5.31. The molecule has 7 N–H and O–H groups in total. The molecule has 5 atom stereocenters. The molecule has 14 nitrogen and oxygen atoms in total. The van der Waals surface area contributed by atoms with E-state index >= 15 is 0 Å². The van der Waals surface area contributed by atoms with Crippen LogP contribution < -0.4 is 27.0 Å². The SMILES string of the molecule is CC[C@H](C)[C@H](NC(=O)[C@@H]1CCCN1C(=O)CNC(=O)[C@H](C)NC(=O)CCc1cnc[nH]1)C(=O)N[C@@H](C)C(N)=O. The molecule has 2 rings (SSSR count). The summed E-state index contributed by atoms with van der Waals surface area (Å²) in [6.45, 7) is 6.61. The molecule has 1 aromatic rings. The highest BCUT2D eigenvalue weighted by Gasteiger charge is 2.37. The van der Waals surface area contributed by atoms with Gasteiger partial charge in [0.05, 0.1) is 12.9 Å². The van der Waals surface area contributed by atoms with Crippen LogP contribution in [0, 0.1) is 5.92 Å². The van der Waals surface area contributed by atoms with Gasteiger partial charge in [-0.15, -0.1) is 0 Å². The van der Waals surface area contributed by atoms with E-state index in [0.717, 1.165) is 5.69 Å². The van der Waals surface area contributed by atoms with E-state index in [1.165, 1.54) is 25.1 Å². The summed E-state index contributed by atoms with van der Waals surface area (Å²) in [7, 11) is 0. The maximum absolute atomic E-state index is 13.1. The van der Waals surface area contributed by atoms with E-state index in [4.69, 9.17) is 5.73 Å². The van der Waals surface area contributed by atoms with Crippen molar-refractivity contribution < 1.29 is 28.8 Å². The van der Waals surface area contributed by atoms with Crippen LogP contribution in [0.2, 0.25) is 0 Å². The van der Waals surface area contributed by atoms with E-state index in [-0.39, 0.29) is 24.8 Å². The quantitative estimate of drug-likeness (QED) is 0.161. The molecule has 1 aliphatic rings. The number of aryl methyl sites for hydroxylation is 1. The highest BCUT2D eigenvalue weighted by atomic mass is 16.2. The number of nitrogens with two attached hydrogens (primary N) is 1. The van der Waals surface area contributed by atoms with Crippen molar-refractivity contribution >= 4 is 35.4 Å². The minimum absolute atomic E-state index is 0.167. The molecule has 1 aromatic heterocycles. The molecule has 0 aliphatic carbocycles. The number of nitrogens with zero attached hydrogens (tertiary/aromatic N) is 2. The molecule has 216 valence electrons. The van der Waals surface area contributed by atoms with Gasteiger partial charge in [-0.3, -0.25) is 28.8 Å². The number of primary amides is 1. The Morgan fingerprint density at radius 2 is 1.79 bits per heavy atom. The lowest BCUT2D eigenvalue weighted by atomic mass is 9.97. The summed E-state index contributed by atoms with van der Waals surface area (Å²) in [5.74, 6) is -3.27. The van der Waals surface area contributed by atoms with Crippen molar-refractivity contribution in [2.24, 2.45) is 11.7 Å². The standard InChI is InChI=1S/C25H40N8O6/c1-5-14(2)21(25(39)31-15(3)22(26)36)32-24(38)18-7-6-10-33(18)20(35)12-28-23(37)16(4)30-19(34)9-8-17-11-27-13-29-17/h11,13-16,18,21H,5-10,12H2,1-4H3,(H2,26,36)(H,27,29)(H,28,37)(H,30,34)(H,31,39)(H,32,38)/t14-,15-,16-,18-,21-/m0/s1. The zero-order chi connectivity index (χ0) is 29.1. The average molecular weight is 549 g/mol. The summed E-state index contributed by atoms with van der Waals surface area (Å²) in [6, 6.07) is -3.49. The Balaban J connectivity index is 1.88. The van der Waals surface area contributed by atoms with Crippen molar-refractivity contribution in [1.29, 1.82) is 0 Å². The molecule has 39 heavy (non-hydrogen) atoms. The number of nitrogens with one attached hydrogen (secondary N) is 5. The molecule has 0 radical (unpaired) electrons. The Labute approximate surface area is 227 Å². The molecule has 1 fully saturated rings. The number of hydrogen-bond donors (Lipinski definition) is 6. The van der Waals surface area contributed by atoms with Crippen molar-refractivity contribution in [2.45, 2.75) is 84.0 Å². The molecule has 1 aliphatic heterocycles. The van der Waals surface area contributed by atoms with E-state index in [1.807, 2.05) is 6.92 Å². The minimum atomic E-state index is -0.917. The van der Waals surface area contributed by atoms with Crippen LogP contribution in [0.25, 0.3) is 0 Å². The Hall–Kier alpha value is -3.97. The fraction of sp³-hybridized carbons (Fsp3) is 0.640. The molecule has 0 saturated carbocycles. The highest BCUT2D eigenvalue weighted by Crippen LogP contribution is 2.19. The van der Waals surface area contributed by atoms with Crippen LogP contribution in [0.5, 0.6) is 0 Å². The molecule has 0 bridgehead atoms. The average Bonchev–Trinajstić information content (AvgIpc) is 3.60. The zero-order valence-corrected chi connectivity index (χ0v) is 22.9. The first kappa shape index (κ1) is 31.2. The zero-order valence-electron chi connectivity index (χ0n) is 22.9. The first-order chi connectivity index (χ1) is 18.4. The fourth-order valence-electron chi connectivity index (χ4n) is 4.13. The predicted octanol–water partition coefficient (Wildman–Crippen LogP) is -1.52. The van der Waals surface area contributed by atoms with Gasteiger partial charge in [0.25, 0.3) is 0 Å². The minimum Gasteiger partial charge on any atom is -0.368 e. The van der Waals surface area contributed by atoms with Crippen LogP contribution in [0.4, 0.5) is 0 Å². The number of H-pyrrole nitrogens is 1. The summed E-state index contributed by atoms with van der Waals surface area (Å²) < 4.78 is 0. The van der Waals surface area contributed by atoms with Crippen molar-refractivity contribution in [3.63, 3.8) is 0 Å². The fourth-order valence-corrected chi connectivity index (χ4v) is 4.13. The van der Waals surface area contributed by atoms with Gasteiger partial charge in [-0.2, -0.15) is 0 Å². The Morgan fingerprint density at radius 3 is 2.41 bits per heavy atom. The summed E-state index contributed by atoms with van der Waals surface area (Å²) in [5, 5.41) is 10.3.